The molecule has 0 saturated carbocycles. The van der Waals surface area contributed by atoms with Crippen molar-refractivity contribution in [2.24, 2.45) is 0 Å². The number of hydrogen-bond donors (Lipinski definition) is 7. The molecule has 0 aliphatic carbocycles. The quantitative estimate of drug-likeness (QED) is 0.0232. The van der Waals surface area contributed by atoms with Crippen molar-refractivity contribution in [2.75, 3.05) is 13.2 Å². The zero-order valence-corrected chi connectivity index (χ0v) is 46.1. The fraction of sp³-hybridized carbons (Fsp3) is 0.885. The number of unbranched alkanes of at least 4 members (excludes halogenated alkanes) is 37. The molecule has 0 spiro atoms. The van der Waals surface area contributed by atoms with Gasteiger partial charge in [-0.15, -0.1) is 0 Å². The van der Waals surface area contributed by atoms with Crippen molar-refractivity contribution in [1.29, 1.82) is 0 Å². The van der Waals surface area contributed by atoms with E-state index >= 15 is 0 Å². The molecule has 1 saturated heterocycles. The number of amides is 1. The molecule has 418 valence electrons. The number of aliphatic hydroxyl groups is 6. The van der Waals surface area contributed by atoms with Gasteiger partial charge in [-0.05, 0) is 57.8 Å². The zero-order chi connectivity index (χ0) is 51.7. The van der Waals surface area contributed by atoms with Gasteiger partial charge in [0.15, 0.2) is 6.29 Å². The van der Waals surface area contributed by atoms with E-state index in [0.29, 0.717) is 19.3 Å². The molecule has 1 amide bonds. The molecule has 0 aromatic carbocycles. The smallest absolute Gasteiger partial charge is 0.249 e. The second-order valence-corrected chi connectivity index (χ2v) is 21.3. The number of rotatable bonds is 52. The van der Waals surface area contributed by atoms with Gasteiger partial charge < -0.3 is 45.4 Å². The van der Waals surface area contributed by atoms with Crippen molar-refractivity contribution in [3.63, 3.8) is 0 Å². The van der Waals surface area contributed by atoms with Crippen LogP contribution in [-0.4, -0.2) is 98.7 Å². The first kappa shape index (κ1) is 67.4. The number of allylic oxidation sites excluding steroid dienone is 5. The Kier molecular flexibility index (Phi) is 48.0. The molecule has 8 atom stereocenters. The van der Waals surface area contributed by atoms with E-state index in [-0.39, 0.29) is 6.61 Å². The van der Waals surface area contributed by atoms with E-state index in [1.165, 1.54) is 218 Å². The molecule has 7 N–H and O–H groups in total. The van der Waals surface area contributed by atoms with Crippen LogP contribution in [0.25, 0.3) is 0 Å². The topological polar surface area (TPSA) is 169 Å². The Morgan fingerprint density at radius 1 is 0.479 bits per heavy atom. The minimum absolute atomic E-state index is 0.305. The summed E-state index contributed by atoms with van der Waals surface area (Å²) in [4.78, 5) is 13.1. The predicted octanol–water partition coefficient (Wildman–Crippen LogP) is 14.1. The highest BCUT2D eigenvalue weighted by Gasteiger charge is 2.44. The van der Waals surface area contributed by atoms with E-state index in [1.54, 1.807) is 6.08 Å². The molecule has 71 heavy (non-hydrogen) atoms. The molecule has 1 rings (SSSR count). The van der Waals surface area contributed by atoms with Gasteiger partial charge in [0.1, 0.15) is 30.5 Å². The first-order valence-corrected chi connectivity index (χ1v) is 30.3. The summed E-state index contributed by atoms with van der Waals surface area (Å²) in [7, 11) is 0. The molecule has 0 radical (unpaired) electrons. The number of carbonyl (C=O) groups is 1. The third-order valence-corrected chi connectivity index (χ3v) is 14.5. The van der Waals surface area contributed by atoms with Gasteiger partial charge in [-0.1, -0.05) is 262 Å². The van der Waals surface area contributed by atoms with Crippen LogP contribution in [0.15, 0.2) is 36.5 Å². The Morgan fingerprint density at radius 3 is 1.23 bits per heavy atom. The summed E-state index contributed by atoms with van der Waals surface area (Å²) >= 11 is 0. The minimum atomic E-state index is -1.62. The lowest BCUT2D eigenvalue weighted by Gasteiger charge is -2.40. The first-order valence-electron chi connectivity index (χ1n) is 30.3. The third-order valence-electron chi connectivity index (χ3n) is 14.5. The largest absolute Gasteiger partial charge is 0.394 e. The molecule has 1 aliphatic heterocycles. The number of carbonyl (C=O) groups excluding carboxylic acids is 1. The summed E-state index contributed by atoms with van der Waals surface area (Å²) in [5.41, 5.74) is 0. The van der Waals surface area contributed by atoms with Crippen LogP contribution in [0.5, 0.6) is 0 Å². The summed E-state index contributed by atoms with van der Waals surface area (Å²) in [5, 5.41) is 65.0. The van der Waals surface area contributed by atoms with E-state index < -0.39 is 61.5 Å². The Morgan fingerprint density at radius 2 is 0.831 bits per heavy atom. The Labute approximate surface area is 436 Å². The van der Waals surface area contributed by atoms with Crippen LogP contribution in [0, 0.1) is 0 Å². The van der Waals surface area contributed by atoms with Gasteiger partial charge in [-0.3, -0.25) is 4.79 Å². The molecular weight excluding hydrogens is 891 g/mol. The van der Waals surface area contributed by atoms with E-state index in [2.05, 4.69) is 43.5 Å². The monoisotopic (exact) mass is 1010 g/mol. The van der Waals surface area contributed by atoms with Crippen molar-refractivity contribution < 1.29 is 44.9 Å². The lowest BCUT2D eigenvalue weighted by Crippen LogP contribution is -2.60. The summed E-state index contributed by atoms with van der Waals surface area (Å²) in [5.74, 6) is -0.623. The maximum Gasteiger partial charge on any atom is 0.249 e. The Hall–Kier alpha value is -1.63. The maximum atomic E-state index is 13.1. The maximum absolute atomic E-state index is 13.1. The first-order chi connectivity index (χ1) is 34.8. The average Bonchev–Trinajstić information content (AvgIpc) is 3.37. The highest BCUT2D eigenvalue weighted by Crippen LogP contribution is 2.23. The molecule has 10 nitrogen and oxygen atoms in total. The molecule has 0 bridgehead atoms. The highest BCUT2D eigenvalue weighted by molar-refractivity contribution is 5.80. The van der Waals surface area contributed by atoms with Gasteiger partial charge in [0.2, 0.25) is 5.91 Å². The van der Waals surface area contributed by atoms with Gasteiger partial charge in [0.05, 0.1) is 25.4 Å². The van der Waals surface area contributed by atoms with Crippen LogP contribution in [-0.2, 0) is 14.3 Å². The van der Waals surface area contributed by atoms with Crippen molar-refractivity contribution in [3.05, 3.63) is 36.5 Å². The predicted molar refractivity (Wildman–Crippen MR) is 296 cm³/mol. The summed E-state index contributed by atoms with van der Waals surface area (Å²) < 4.78 is 11.2. The molecule has 1 aliphatic rings. The van der Waals surface area contributed by atoms with E-state index in [0.717, 1.165) is 32.1 Å². The van der Waals surface area contributed by atoms with Crippen LogP contribution < -0.4 is 5.32 Å². The molecular formula is C61H115NO9. The molecule has 0 aromatic heterocycles. The third kappa shape index (κ3) is 39.5. The summed E-state index contributed by atoms with van der Waals surface area (Å²) in [6.45, 7) is 3.63. The normalized spacial score (nSPS) is 19.9. The van der Waals surface area contributed by atoms with Gasteiger partial charge in [-0.2, -0.15) is 0 Å². The van der Waals surface area contributed by atoms with Gasteiger partial charge in [-0.25, -0.2) is 0 Å². The van der Waals surface area contributed by atoms with E-state index in [1.807, 2.05) is 6.08 Å². The minimum Gasteiger partial charge on any atom is -0.394 e. The van der Waals surface area contributed by atoms with Crippen molar-refractivity contribution in [2.45, 2.75) is 332 Å². The van der Waals surface area contributed by atoms with Crippen molar-refractivity contribution in [3.8, 4) is 0 Å². The SMILES string of the molecule is CCCCCCCCCCCCC/C=C/CC/C=C/C(O)C(COC1OC(CO)C(O)C(O)C1O)NC(=O)C(O)CCCCCCCCCCCCCCC/C=C\CCCCCCCCCCCCCC. The fourth-order valence-corrected chi connectivity index (χ4v) is 9.65. The van der Waals surface area contributed by atoms with Crippen LogP contribution in [0.2, 0.25) is 0 Å². The van der Waals surface area contributed by atoms with Crippen LogP contribution in [0.1, 0.15) is 284 Å². The Bertz CT molecular complexity index is 1230. The average molecular weight is 1010 g/mol. The van der Waals surface area contributed by atoms with E-state index in [4.69, 9.17) is 9.47 Å². The highest BCUT2D eigenvalue weighted by atomic mass is 16.7. The van der Waals surface area contributed by atoms with Crippen LogP contribution in [0.4, 0.5) is 0 Å². The number of nitrogens with one attached hydrogen (secondary N) is 1. The van der Waals surface area contributed by atoms with Gasteiger partial charge in [0.25, 0.3) is 0 Å². The van der Waals surface area contributed by atoms with Crippen molar-refractivity contribution in [1.82, 2.24) is 5.32 Å². The molecule has 1 fully saturated rings. The second-order valence-electron chi connectivity index (χ2n) is 21.3. The second kappa shape index (κ2) is 50.5. The summed E-state index contributed by atoms with van der Waals surface area (Å²) in [6, 6.07) is -0.997. The lowest BCUT2D eigenvalue weighted by atomic mass is 9.99. The summed E-state index contributed by atoms with van der Waals surface area (Å²) in [6.07, 6.45) is 55.5. The number of hydrogen-bond acceptors (Lipinski definition) is 9. The molecule has 0 aromatic rings. The Balaban J connectivity index is 2.22. The zero-order valence-electron chi connectivity index (χ0n) is 46.1. The van der Waals surface area contributed by atoms with Crippen LogP contribution >= 0.6 is 0 Å². The standard InChI is InChI=1S/C61H115NO9/c1-3-5-7-9-11-13-15-17-19-21-22-23-24-25-26-27-28-29-30-31-32-34-36-38-40-42-44-46-48-50-55(65)60(69)62-53(52-70-61-59(68)58(67)57(66)56(51-63)71-61)54(64)49-47-45-43-41-39-37-35-33-20-18-16-14-12-10-8-6-4-2/h25-26,39,41,47,49,53-59,61,63-68H,3-24,27-38,40,42-46,48,50-52H2,1-2H3,(H,62,69)/b26-25-,41-39+,49-47+. The van der Waals surface area contributed by atoms with Gasteiger partial charge in [0, 0.05) is 0 Å². The number of aliphatic hydroxyl groups excluding tert-OH is 6. The lowest BCUT2D eigenvalue weighted by molar-refractivity contribution is -0.302. The molecule has 8 unspecified atom stereocenters. The van der Waals surface area contributed by atoms with Gasteiger partial charge >= 0.3 is 0 Å². The van der Waals surface area contributed by atoms with Crippen molar-refractivity contribution >= 4 is 5.91 Å². The molecule has 1 heterocycles. The number of ether oxygens (including phenoxy) is 2. The fourth-order valence-electron chi connectivity index (χ4n) is 9.65. The molecule has 10 heteroatoms. The van der Waals surface area contributed by atoms with E-state index in [9.17, 15) is 35.4 Å². The van der Waals surface area contributed by atoms with Crippen LogP contribution in [0.3, 0.4) is 0 Å².